The van der Waals surface area contributed by atoms with Gasteiger partial charge in [0, 0.05) is 17.6 Å². The number of aromatic nitrogens is 2. The molecule has 0 bridgehead atoms. The first-order valence-electron chi connectivity index (χ1n) is 7.66. The summed E-state index contributed by atoms with van der Waals surface area (Å²) in [7, 11) is 1.21. The molecule has 1 aliphatic heterocycles. The standard InChI is InChI=1S/C16H16N4O6/c1-26-16(25)10-7-20(4-5-21)14(22)12(10)17-8-2-3-11-9(6-8)13(15(23)24)19-18-11/h2-3,6,17,21H,4-5,7H2,1H3,(H,18,19)(H,23,24). The summed E-state index contributed by atoms with van der Waals surface area (Å²) in [5, 5.41) is 27.8. The van der Waals surface area contributed by atoms with Crippen molar-refractivity contribution in [2.75, 3.05) is 32.1 Å². The highest BCUT2D eigenvalue weighted by Gasteiger charge is 2.34. The van der Waals surface area contributed by atoms with Crippen molar-refractivity contribution in [3.8, 4) is 0 Å². The lowest BCUT2D eigenvalue weighted by atomic mass is 10.1. The Morgan fingerprint density at radius 3 is 2.85 bits per heavy atom. The maximum absolute atomic E-state index is 12.5. The number of methoxy groups -OCH3 is 1. The number of aliphatic hydroxyl groups excluding tert-OH is 1. The number of esters is 1. The molecule has 136 valence electrons. The van der Waals surface area contributed by atoms with Crippen LogP contribution in [0.4, 0.5) is 5.69 Å². The van der Waals surface area contributed by atoms with Crippen LogP contribution in [0.1, 0.15) is 10.5 Å². The number of carbonyl (C=O) groups excluding carboxylic acids is 2. The average molecular weight is 360 g/mol. The summed E-state index contributed by atoms with van der Waals surface area (Å²) < 4.78 is 4.71. The number of aliphatic hydroxyl groups is 1. The maximum atomic E-state index is 12.5. The van der Waals surface area contributed by atoms with Gasteiger partial charge >= 0.3 is 11.9 Å². The Morgan fingerprint density at radius 2 is 2.19 bits per heavy atom. The molecule has 1 aromatic carbocycles. The predicted molar refractivity (Wildman–Crippen MR) is 89.4 cm³/mol. The smallest absolute Gasteiger partial charge is 0.357 e. The van der Waals surface area contributed by atoms with Gasteiger partial charge in [-0.2, -0.15) is 5.10 Å². The zero-order valence-electron chi connectivity index (χ0n) is 13.8. The number of aromatic amines is 1. The van der Waals surface area contributed by atoms with E-state index in [4.69, 9.17) is 9.84 Å². The van der Waals surface area contributed by atoms with Gasteiger partial charge in [-0.15, -0.1) is 0 Å². The number of rotatable bonds is 6. The first-order valence-corrected chi connectivity index (χ1v) is 7.66. The van der Waals surface area contributed by atoms with E-state index in [0.717, 1.165) is 0 Å². The van der Waals surface area contributed by atoms with Gasteiger partial charge in [-0.3, -0.25) is 9.89 Å². The molecule has 0 saturated carbocycles. The number of fused-ring (bicyclic) bond motifs is 1. The fraction of sp³-hybridized carbons (Fsp3) is 0.250. The van der Waals surface area contributed by atoms with Crippen LogP contribution in [0.3, 0.4) is 0 Å². The minimum Gasteiger partial charge on any atom is -0.476 e. The van der Waals surface area contributed by atoms with E-state index < -0.39 is 17.8 Å². The number of carboxylic acids is 1. The Kier molecular flexibility index (Phi) is 4.59. The third kappa shape index (κ3) is 2.97. The molecule has 0 aliphatic carbocycles. The number of amides is 1. The molecule has 2 heterocycles. The first-order chi connectivity index (χ1) is 12.5. The van der Waals surface area contributed by atoms with Gasteiger partial charge in [0.25, 0.3) is 5.91 Å². The molecule has 0 fully saturated rings. The van der Waals surface area contributed by atoms with Crippen molar-refractivity contribution in [1.29, 1.82) is 0 Å². The fourth-order valence-corrected chi connectivity index (χ4v) is 2.75. The summed E-state index contributed by atoms with van der Waals surface area (Å²) >= 11 is 0. The number of benzene rings is 1. The summed E-state index contributed by atoms with van der Waals surface area (Å²) in [6.07, 6.45) is 0. The van der Waals surface area contributed by atoms with Crippen LogP contribution < -0.4 is 5.32 Å². The molecule has 1 amide bonds. The highest BCUT2D eigenvalue weighted by atomic mass is 16.5. The van der Waals surface area contributed by atoms with E-state index in [0.29, 0.717) is 16.6 Å². The van der Waals surface area contributed by atoms with Crippen molar-refractivity contribution in [3.05, 3.63) is 35.2 Å². The maximum Gasteiger partial charge on any atom is 0.357 e. The summed E-state index contributed by atoms with van der Waals surface area (Å²) in [5.74, 6) is -2.30. The molecule has 0 spiro atoms. The van der Waals surface area contributed by atoms with Gasteiger partial charge in [0.05, 0.1) is 31.4 Å². The Morgan fingerprint density at radius 1 is 1.42 bits per heavy atom. The van der Waals surface area contributed by atoms with Crippen molar-refractivity contribution in [2.45, 2.75) is 0 Å². The number of anilines is 1. The van der Waals surface area contributed by atoms with Crippen LogP contribution in [0.5, 0.6) is 0 Å². The normalized spacial score (nSPS) is 14.2. The molecule has 0 saturated heterocycles. The Balaban J connectivity index is 1.98. The van der Waals surface area contributed by atoms with E-state index in [2.05, 4.69) is 15.5 Å². The van der Waals surface area contributed by atoms with Crippen LogP contribution >= 0.6 is 0 Å². The molecule has 2 aromatic rings. The van der Waals surface area contributed by atoms with Gasteiger partial charge in [0.2, 0.25) is 0 Å². The Hall–Kier alpha value is -3.40. The zero-order chi connectivity index (χ0) is 18.8. The monoisotopic (exact) mass is 360 g/mol. The van der Waals surface area contributed by atoms with Crippen LogP contribution in [0, 0.1) is 0 Å². The SMILES string of the molecule is COC(=O)C1=C(Nc2ccc3[nH]nc(C(=O)O)c3c2)C(=O)N(CCO)C1. The van der Waals surface area contributed by atoms with Crippen LogP contribution in [-0.2, 0) is 14.3 Å². The van der Waals surface area contributed by atoms with Gasteiger partial charge in [-0.1, -0.05) is 0 Å². The lowest BCUT2D eigenvalue weighted by Crippen LogP contribution is -2.31. The fourth-order valence-electron chi connectivity index (χ4n) is 2.75. The quantitative estimate of drug-likeness (QED) is 0.524. The molecule has 10 nitrogen and oxygen atoms in total. The molecule has 26 heavy (non-hydrogen) atoms. The molecule has 1 aromatic heterocycles. The zero-order valence-corrected chi connectivity index (χ0v) is 13.8. The lowest BCUT2D eigenvalue weighted by Gasteiger charge is -2.15. The van der Waals surface area contributed by atoms with Gasteiger partial charge in [0.15, 0.2) is 5.69 Å². The second kappa shape index (κ2) is 6.84. The van der Waals surface area contributed by atoms with E-state index in [-0.39, 0.29) is 36.7 Å². The molecule has 0 atom stereocenters. The van der Waals surface area contributed by atoms with Crippen molar-refractivity contribution in [2.24, 2.45) is 0 Å². The van der Waals surface area contributed by atoms with E-state index >= 15 is 0 Å². The molecule has 1 aliphatic rings. The van der Waals surface area contributed by atoms with Crippen molar-refractivity contribution in [3.63, 3.8) is 0 Å². The molecular formula is C16H16N4O6. The van der Waals surface area contributed by atoms with Crippen molar-refractivity contribution in [1.82, 2.24) is 15.1 Å². The number of carbonyl (C=O) groups is 3. The summed E-state index contributed by atoms with van der Waals surface area (Å²) in [4.78, 5) is 37.0. The number of H-pyrrole nitrogens is 1. The molecule has 4 N–H and O–H groups in total. The molecule has 10 heteroatoms. The molecule has 0 unspecified atom stereocenters. The number of ether oxygens (including phenoxy) is 1. The second-order valence-corrected chi connectivity index (χ2v) is 5.56. The Bertz CT molecular complexity index is 932. The Labute approximate surface area is 147 Å². The van der Waals surface area contributed by atoms with Gasteiger partial charge < -0.3 is 25.2 Å². The summed E-state index contributed by atoms with van der Waals surface area (Å²) in [5.41, 5.74) is 0.957. The number of β-amino-alcohol motifs (C(OH)–C–C–N with tert-alkyl or cyclic N) is 1. The van der Waals surface area contributed by atoms with E-state index in [9.17, 15) is 19.5 Å². The number of carboxylic acid groups (broad SMARTS) is 1. The van der Waals surface area contributed by atoms with Crippen LogP contribution in [0.15, 0.2) is 29.5 Å². The second-order valence-electron chi connectivity index (χ2n) is 5.56. The lowest BCUT2D eigenvalue weighted by molar-refractivity contribution is -0.136. The van der Waals surface area contributed by atoms with Crippen LogP contribution in [-0.4, -0.2) is 70.0 Å². The van der Waals surface area contributed by atoms with E-state index in [1.807, 2.05) is 0 Å². The van der Waals surface area contributed by atoms with Crippen molar-refractivity contribution < 1.29 is 29.3 Å². The number of hydrogen-bond acceptors (Lipinski definition) is 7. The van der Waals surface area contributed by atoms with Crippen molar-refractivity contribution >= 4 is 34.4 Å². The van der Waals surface area contributed by atoms with Gasteiger partial charge in [-0.05, 0) is 18.2 Å². The predicted octanol–water partition coefficient (Wildman–Crippen LogP) is -0.0654. The third-order valence-electron chi connectivity index (χ3n) is 3.99. The average Bonchev–Trinajstić information content (AvgIpc) is 3.17. The van der Waals surface area contributed by atoms with E-state index in [1.54, 1.807) is 12.1 Å². The summed E-state index contributed by atoms with van der Waals surface area (Å²) in [6, 6.07) is 4.75. The number of hydrogen-bond donors (Lipinski definition) is 4. The number of nitrogens with one attached hydrogen (secondary N) is 2. The molecule has 0 radical (unpaired) electrons. The largest absolute Gasteiger partial charge is 0.476 e. The number of nitrogens with zero attached hydrogens (tertiary/aromatic N) is 2. The first kappa shape index (κ1) is 17.4. The highest BCUT2D eigenvalue weighted by molar-refractivity contribution is 6.09. The van der Waals surface area contributed by atoms with Crippen LogP contribution in [0.2, 0.25) is 0 Å². The topological polar surface area (TPSA) is 145 Å². The molecular weight excluding hydrogens is 344 g/mol. The summed E-state index contributed by atoms with van der Waals surface area (Å²) in [6.45, 7) is -0.145. The number of aromatic carboxylic acids is 1. The molecule has 3 rings (SSSR count). The highest BCUT2D eigenvalue weighted by Crippen LogP contribution is 2.26. The van der Waals surface area contributed by atoms with Gasteiger partial charge in [-0.25, -0.2) is 9.59 Å². The minimum atomic E-state index is -1.19. The van der Waals surface area contributed by atoms with Gasteiger partial charge in [0.1, 0.15) is 5.70 Å². The third-order valence-corrected chi connectivity index (χ3v) is 3.99. The van der Waals surface area contributed by atoms with E-state index in [1.165, 1.54) is 18.1 Å². The minimum absolute atomic E-state index is 0.0166. The van der Waals surface area contributed by atoms with Crippen LogP contribution in [0.25, 0.3) is 10.9 Å².